The second-order valence-corrected chi connectivity index (χ2v) is 6.57. The van der Waals surface area contributed by atoms with E-state index in [4.69, 9.17) is 8.92 Å². The Balaban J connectivity index is 2.36. The van der Waals surface area contributed by atoms with Gasteiger partial charge in [0.05, 0.1) is 7.11 Å². The first-order chi connectivity index (χ1) is 10.4. The number of aryl methyl sites for hydroxylation is 1. The molecule has 22 heavy (non-hydrogen) atoms. The highest BCUT2D eigenvalue weighted by molar-refractivity contribution is 7.87. The van der Waals surface area contributed by atoms with Crippen molar-refractivity contribution in [3.8, 4) is 11.5 Å². The normalized spacial score (nSPS) is 11.3. The van der Waals surface area contributed by atoms with Crippen LogP contribution in [0.5, 0.6) is 11.5 Å². The predicted molar refractivity (Wildman–Crippen MR) is 86.1 cm³/mol. The van der Waals surface area contributed by atoms with Crippen molar-refractivity contribution in [1.82, 2.24) is 0 Å². The molecule has 0 aliphatic rings. The molecule has 2 aromatic carbocycles. The second kappa shape index (κ2) is 6.40. The first-order valence-corrected chi connectivity index (χ1v) is 8.47. The Bertz CT molecular complexity index is 762. The third kappa shape index (κ3) is 3.25. The van der Waals surface area contributed by atoms with Gasteiger partial charge in [0, 0.05) is 0 Å². The summed E-state index contributed by atoms with van der Waals surface area (Å²) in [6.07, 6.45) is 0.893. The fraction of sp³-hybridized carbons (Fsp3) is 0.294. The molecule has 0 unspecified atom stereocenters. The minimum atomic E-state index is -3.87. The van der Waals surface area contributed by atoms with Gasteiger partial charge in [-0.15, -0.1) is 0 Å². The molecule has 118 valence electrons. The summed E-state index contributed by atoms with van der Waals surface area (Å²) in [5.41, 5.74) is 2.54. The number of rotatable bonds is 5. The van der Waals surface area contributed by atoms with Crippen molar-refractivity contribution in [3.05, 3.63) is 53.1 Å². The van der Waals surface area contributed by atoms with Crippen molar-refractivity contribution in [2.24, 2.45) is 0 Å². The zero-order valence-corrected chi connectivity index (χ0v) is 14.0. The Labute approximate surface area is 131 Å². The number of benzene rings is 2. The molecule has 0 spiro atoms. The average molecular weight is 320 g/mol. The van der Waals surface area contributed by atoms with E-state index in [0.717, 1.165) is 17.5 Å². The van der Waals surface area contributed by atoms with E-state index >= 15 is 0 Å². The van der Waals surface area contributed by atoms with E-state index in [1.165, 1.54) is 6.07 Å². The molecule has 4 nitrogen and oxygen atoms in total. The van der Waals surface area contributed by atoms with E-state index in [0.29, 0.717) is 17.1 Å². The van der Waals surface area contributed by atoms with E-state index in [-0.39, 0.29) is 4.90 Å². The molecule has 2 rings (SSSR count). The first-order valence-electron chi connectivity index (χ1n) is 7.06. The fourth-order valence-corrected chi connectivity index (χ4v) is 3.43. The van der Waals surface area contributed by atoms with Gasteiger partial charge in [-0.2, -0.15) is 8.42 Å². The standard InChI is InChI=1S/C17H20O4S/c1-5-14-6-8-15(9-7-14)21-22(18,19)17-11-10-16(20-4)12(2)13(17)3/h6-11H,5H2,1-4H3. The third-order valence-corrected chi connectivity index (χ3v) is 5.11. The van der Waals surface area contributed by atoms with Crippen LogP contribution >= 0.6 is 0 Å². The Kier molecular flexibility index (Phi) is 4.76. The van der Waals surface area contributed by atoms with Crippen LogP contribution < -0.4 is 8.92 Å². The summed E-state index contributed by atoms with van der Waals surface area (Å²) in [6, 6.07) is 10.2. The summed E-state index contributed by atoms with van der Waals surface area (Å²) in [5, 5.41) is 0. The van der Waals surface area contributed by atoms with E-state index in [1.54, 1.807) is 32.2 Å². The number of ether oxygens (including phenoxy) is 1. The summed E-state index contributed by atoms with van der Waals surface area (Å²) >= 11 is 0. The lowest BCUT2D eigenvalue weighted by Crippen LogP contribution is -2.12. The zero-order valence-electron chi connectivity index (χ0n) is 13.2. The number of methoxy groups -OCH3 is 1. The molecule has 2 aromatic rings. The molecule has 5 heteroatoms. The predicted octanol–water partition coefficient (Wildman–Crippen LogP) is 3.64. The van der Waals surface area contributed by atoms with Crippen LogP contribution in [0.25, 0.3) is 0 Å². The highest BCUT2D eigenvalue weighted by Crippen LogP contribution is 2.28. The lowest BCUT2D eigenvalue weighted by molar-refractivity contribution is 0.410. The van der Waals surface area contributed by atoms with Crippen LogP contribution in [0.4, 0.5) is 0 Å². The topological polar surface area (TPSA) is 52.6 Å². The Morgan fingerprint density at radius 1 is 0.955 bits per heavy atom. The first kappa shape index (κ1) is 16.4. The molecule has 0 amide bonds. The molecular formula is C17H20O4S. The lowest BCUT2D eigenvalue weighted by atomic mass is 10.1. The van der Waals surface area contributed by atoms with Crippen molar-refractivity contribution in [3.63, 3.8) is 0 Å². The lowest BCUT2D eigenvalue weighted by Gasteiger charge is -2.13. The summed E-state index contributed by atoms with van der Waals surface area (Å²) < 4.78 is 35.4. The van der Waals surface area contributed by atoms with Crippen LogP contribution in [-0.4, -0.2) is 15.5 Å². The fourth-order valence-electron chi connectivity index (χ4n) is 2.22. The zero-order chi connectivity index (χ0) is 16.3. The van der Waals surface area contributed by atoms with E-state index in [2.05, 4.69) is 0 Å². The van der Waals surface area contributed by atoms with Gasteiger partial charge < -0.3 is 8.92 Å². The van der Waals surface area contributed by atoms with Crippen molar-refractivity contribution >= 4 is 10.1 Å². The summed E-state index contributed by atoms with van der Waals surface area (Å²) in [6.45, 7) is 5.60. The molecule has 0 heterocycles. The molecular weight excluding hydrogens is 300 g/mol. The van der Waals surface area contributed by atoms with Crippen molar-refractivity contribution in [2.45, 2.75) is 32.1 Å². The second-order valence-electron chi connectivity index (χ2n) is 5.05. The van der Waals surface area contributed by atoms with E-state index < -0.39 is 10.1 Å². The van der Waals surface area contributed by atoms with Gasteiger partial charge in [-0.1, -0.05) is 19.1 Å². The molecule has 0 aliphatic carbocycles. The molecule has 0 fully saturated rings. The van der Waals surface area contributed by atoms with Crippen LogP contribution in [0.15, 0.2) is 41.3 Å². The van der Waals surface area contributed by atoms with Gasteiger partial charge in [-0.25, -0.2) is 0 Å². The van der Waals surface area contributed by atoms with Crippen LogP contribution in [0, 0.1) is 13.8 Å². The van der Waals surface area contributed by atoms with Gasteiger partial charge >= 0.3 is 10.1 Å². The Morgan fingerprint density at radius 3 is 2.14 bits per heavy atom. The van der Waals surface area contributed by atoms with Crippen LogP contribution in [-0.2, 0) is 16.5 Å². The smallest absolute Gasteiger partial charge is 0.339 e. The molecule has 0 N–H and O–H groups in total. The largest absolute Gasteiger partial charge is 0.496 e. The Hall–Kier alpha value is -2.01. The summed E-state index contributed by atoms with van der Waals surface area (Å²) in [7, 11) is -2.31. The maximum absolute atomic E-state index is 12.5. The monoisotopic (exact) mass is 320 g/mol. The van der Waals surface area contributed by atoms with Crippen molar-refractivity contribution in [1.29, 1.82) is 0 Å². The maximum atomic E-state index is 12.5. The molecule has 0 atom stereocenters. The van der Waals surface area contributed by atoms with Crippen LogP contribution in [0.3, 0.4) is 0 Å². The summed E-state index contributed by atoms with van der Waals surface area (Å²) in [4.78, 5) is 0.158. The minimum absolute atomic E-state index is 0.158. The van der Waals surface area contributed by atoms with Gasteiger partial charge in [0.25, 0.3) is 0 Å². The van der Waals surface area contributed by atoms with Crippen molar-refractivity contribution < 1.29 is 17.3 Å². The molecule has 0 bridgehead atoms. The molecule has 0 saturated heterocycles. The van der Waals surface area contributed by atoms with Gasteiger partial charge in [-0.3, -0.25) is 0 Å². The SMILES string of the molecule is CCc1ccc(OS(=O)(=O)c2ccc(OC)c(C)c2C)cc1. The molecule has 0 radical (unpaired) electrons. The van der Waals surface area contributed by atoms with E-state index in [1.807, 2.05) is 26.0 Å². The number of hydrogen-bond acceptors (Lipinski definition) is 4. The molecule has 0 saturated carbocycles. The highest BCUT2D eigenvalue weighted by atomic mass is 32.2. The quantitative estimate of drug-likeness (QED) is 0.789. The maximum Gasteiger partial charge on any atom is 0.339 e. The molecule has 0 aliphatic heterocycles. The van der Waals surface area contributed by atoms with Gasteiger partial charge in [0.2, 0.25) is 0 Å². The minimum Gasteiger partial charge on any atom is -0.496 e. The van der Waals surface area contributed by atoms with Crippen molar-refractivity contribution in [2.75, 3.05) is 7.11 Å². The van der Waals surface area contributed by atoms with Gasteiger partial charge in [0.15, 0.2) is 0 Å². The Morgan fingerprint density at radius 2 is 1.59 bits per heavy atom. The highest BCUT2D eigenvalue weighted by Gasteiger charge is 2.21. The number of hydrogen-bond donors (Lipinski definition) is 0. The van der Waals surface area contributed by atoms with Gasteiger partial charge in [-0.05, 0) is 61.2 Å². The van der Waals surface area contributed by atoms with Crippen LogP contribution in [0.2, 0.25) is 0 Å². The third-order valence-electron chi connectivity index (χ3n) is 3.71. The molecule has 0 aromatic heterocycles. The van der Waals surface area contributed by atoms with Gasteiger partial charge in [0.1, 0.15) is 16.4 Å². The average Bonchev–Trinajstić information content (AvgIpc) is 2.50. The van der Waals surface area contributed by atoms with Crippen LogP contribution in [0.1, 0.15) is 23.6 Å². The summed E-state index contributed by atoms with van der Waals surface area (Å²) in [5.74, 6) is 0.966. The van der Waals surface area contributed by atoms with E-state index in [9.17, 15) is 8.42 Å².